The van der Waals surface area contributed by atoms with Crippen LogP contribution in [0.4, 0.5) is 4.39 Å². The zero-order valence-corrected chi connectivity index (χ0v) is 11.9. The average Bonchev–Trinajstić information content (AvgIpc) is 2.37. The number of benzene rings is 1. The monoisotopic (exact) mass is 307 g/mol. The van der Waals surface area contributed by atoms with E-state index in [9.17, 15) is 4.39 Å². The quantitative estimate of drug-likeness (QED) is 0.766. The zero-order valence-electron chi connectivity index (χ0n) is 10.3. The molecule has 0 unspecified atom stereocenters. The number of nitrogens with zero attached hydrogens (tertiary/aromatic N) is 1. The highest BCUT2D eigenvalue weighted by molar-refractivity contribution is 9.10. The summed E-state index contributed by atoms with van der Waals surface area (Å²) in [6, 6.07) is 12.2. The van der Waals surface area contributed by atoms with E-state index < -0.39 is 0 Å². The number of aromatic nitrogens is 1. The minimum Gasteiger partial charge on any atom is -0.212 e. The molecule has 18 heavy (non-hydrogen) atoms. The third kappa shape index (κ3) is 3.16. The maximum absolute atomic E-state index is 13.7. The summed E-state index contributed by atoms with van der Waals surface area (Å²) in [5.41, 5.74) is 3.04. The molecular formula is C15H15BrFN. The summed E-state index contributed by atoms with van der Waals surface area (Å²) >= 11 is 3.25. The van der Waals surface area contributed by atoms with Crippen LogP contribution in [0.25, 0.3) is 0 Å². The van der Waals surface area contributed by atoms with Crippen molar-refractivity contribution in [1.29, 1.82) is 0 Å². The molecule has 0 N–H and O–H groups in total. The molecule has 0 atom stereocenters. The standard InChI is InChI=1S/C15H15BrFN/c1-2-13-12(10-14(16)18-15(13)17)9-8-11-6-4-3-5-7-11/h3-7,10H,2,8-9H2,1H3. The summed E-state index contributed by atoms with van der Waals surface area (Å²) in [6.07, 6.45) is 2.44. The second-order valence-corrected chi connectivity index (χ2v) is 5.03. The fourth-order valence-electron chi connectivity index (χ4n) is 2.08. The van der Waals surface area contributed by atoms with Gasteiger partial charge in [-0.05, 0) is 52.4 Å². The molecule has 1 heterocycles. The number of halogens is 2. The summed E-state index contributed by atoms with van der Waals surface area (Å²) in [6.45, 7) is 1.96. The van der Waals surface area contributed by atoms with Gasteiger partial charge in [-0.2, -0.15) is 4.39 Å². The first-order chi connectivity index (χ1) is 8.70. The lowest BCUT2D eigenvalue weighted by Crippen LogP contribution is -2.02. The first-order valence-corrected chi connectivity index (χ1v) is 6.87. The second kappa shape index (κ2) is 6.10. The highest BCUT2D eigenvalue weighted by Crippen LogP contribution is 2.19. The predicted molar refractivity (Wildman–Crippen MR) is 75.1 cm³/mol. The Morgan fingerprint density at radius 1 is 1.17 bits per heavy atom. The number of pyridine rings is 1. The van der Waals surface area contributed by atoms with Crippen molar-refractivity contribution in [2.75, 3.05) is 0 Å². The van der Waals surface area contributed by atoms with Crippen molar-refractivity contribution in [2.24, 2.45) is 0 Å². The van der Waals surface area contributed by atoms with Gasteiger partial charge in [0.1, 0.15) is 4.60 Å². The number of rotatable bonds is 4. The van der Waals surface area contributed by atoms with Crippen LogP contribution in [0.15, 0.2) is 41.0 Å². The minimum atomic E-state index is -0.352. The lowest BCUT2D eigenvalue weighted by atomic mass is 10.00. The number of hydrogen-bond donors (Lipinski definition) is 0. The van der Waals surface area contributed by atoms with Gasteiger partial charge in [-0.25, -0.2) is 4.98 Å². The minimum absolute atomic E-state index is 0.352. The number of hydrogen-bond acceptors (Lipinski definition) is 1. The van der Waals surface area contributed by atoms with E-state index in [-0.39, 0.29) is 5.95 Å². The second-order valence-electron chi connectivity index (χ2n) is 4.21. The smallest absolute Gasteiger partial charge is 0.212 e. The van der Waals surface area contributed by atoms with Crippen LogP contribution in [0.5, 0.6) is 0 Å². The van der Waals surface area contributed by atoms with Crippen LogP contribution < -0.4 is 0 Å². The van der Waals surface area contributed by atoms with Crippen molar-refractivity contribution in [2.45, 2.75) is 26.2 Å². The van der Waals surface area contributed by atoms with Gasteiger partial charge in [-0.3, -0.25) is 0 Å². The third-order valence-corrected chi connectivity index (χ3v) is 3.42. The molecule has 3 heteroatoms. The molecule has 0 aliphatic heterocycles. The highest BCUT2D eigenvalue weighted by atomic mass is 79.9. The molecule has 0 amide bonds. The van der Waals surface area contributed by atoms with Gasteiger partial charge in [0, 0.05) is 5.56 Å². The molecule has 0 aliphatic carbocycles. The Balaban J connectivity index is 2.18. The van der Waals surface area contributed by atoms with Gasteiger partial charge in [-0.1, -0.05) is 37.3 Å². The highest BCUT2D eigenvalue weighted by Gasteiger charge is 2.10. The Morgan fingerprint density at radius 2 is 1.89 bits per heavy atom. The molecule has 0 bridgehead atoms. The molecular weight excluding hydrogens is 293 g/mol. The molecule has 0 radical (unpaired) electrons. The molecule has 0 aliphatic rings. The van der Waals surface area contributed by atoms with E-state index in [1.807, 2.05) is 31.2 Å². The molecule has 0 saturated carbocycles. The Labute approximate surface area is 115 Å². The van der Waals surface area contributed by atoms with Gasteiger partial charge in [0.2, 0.25) is 5.95 Å². The normalized spacial score (nSPS) is 10.6. The SMILES string of the molecule is CCc1c(CCc2ccccc2)cc(Br)nc1F. The predicted octanol–water partition coefficient (Wildman–Crippen LogP) is 4.33. The van der Waals surface area contributed by atoms with Gasteiger partial charge in [0.25, 0.3) is 0 Å². The maximum Gasteiger partial charge on any atom is 0.217 e. The summed E-state index contributed by atoms with van der Waals surface area (Å²) in [7, 11) is 0. The van der Waals surface area contributed by atoms with Crippen LogP contribution in [-0.2, 0) is 19.3 Å². The van der Waals surface area contributed by atoms with E-state index in [0.717, 1.165) is 24.0 Å². The Bertz CT molecular complexity index is 526. The molecule has 0 saturated heterocycles. The molecule has 1 nitrogen and oxygen atoms in total. The summed E-state index contributed by atoms with van der Waals surface area (Å²) in [5, 5.41) is 0. The first-order valence-electron chi connectivity index (χ1n) is 6.08. The van der Waals surface area contributed by atoms with Crippen molar-refractivity contribution < 1.29 is 4.39 Å². The topological polar surface area (TPSA) is 12.9 Å². The molecule has 0 fully saturated rings. The molecule has 2 aromatic rings. The van der Waals surface area contributed by atoms with E-state index in [0.29, 0.717) is 11.0 Å². The van der Waals surface area contributed by atoms with E-state index in [2.05, 4.69) is 33.0 Å². The Kier molecular flexibility index (Phi) is 4.48. The van der Waals surface area contributed by atoms with Gasteiger partial charge < -0.3 is 0 Å². The maximum atomic E-state index is 13.7. The van der Waals surface area contributed by atoms with Gasteiger partial charge >= 0.3 is 0 Å². The van der Waals surface area contributed by atoms with Crippen LogP contribution in [0.3, 0.4) is 0 Å². The summed E-state index contributed by atoms with van der Waals surface area (Å²) in [4.78, 5) is 3.81. The van der Waals surface area contributed by atoms with E-state index in [1.54, 1.807) is 0 Å². The van der Waals surface area contributed by atoms with Crippen LogP contribution in [0.1, 0.15) is 23.6 Å². The van der Waals surface area contributed by atoms with Crippen LogP contribution >= 0.6 is 15.9 Å². The van der Waals surface area contributed by atoms with E-state index >= 15 is 0 Å². The summed E-state index contributed by atoms with van der Waals surface area (Å²) < 4.78 is 14.3. The molecule has 94 valence electrons. The van der Waals surface area contributed by atoms with Gasteiger partial charge in [-0.15, -0.1) is 0 Å². The fraction of sp³-hybridized carbons (Fsp3) is 0.267. The van der Waals surface area contributed by atoms with Gasteiger partial charge in [0.15, 0.2) is 0 Å². The third-order valence-electron chi connectivity index (χ3n) is 3.01. The number of aryl methyl sites for hydroxylation is 2. The van der Waals surface area contributed by atoms with Crippen molar-refractivity contribution in [1.82, 2.24) is 4.98 Å². The van der Waals surface area contributed by atoms with Crippen LogP contribution in [0, 0.1) is 5.95 Å². The zero-order chi connectivity index (χ0) is 13.0. The molecule has 2 rings (SSSR count). The van der Waals surface area contributed by atoms with Crippen molar-refractivity contribution in [3.8, 4) is 0 Å². The fourth-order valence-corrected chi connectivity index (χ4v) is 2.51. The van der Waals surface area contributed by atoms with Crippen molar-refractivity contribution in [3.05, 3.63) is 63.6 Å². The molecule has 0 spiro atoms. The van der Waals surface area contributed by atoms with Crippen LogP contribution in [0.2, 0.25) is 0 Å². The molecule has 1 aromatic heterocycles. The van der Waals surface area contributed by atoms with Crippen molar-refractivity contribution >= 4 is 15.9 Å². The molecule has 1 aromatic carbocycles. The lowest BCUT2D eigenvalue weighted by Gasteiger charge is -2.09. The van der Waals surface area contributed by atoms with E-state index in [1.165, 1.54) is 5.56 Å². The first kappa shape index (κ1) is 13.2. The average molecular weight is 308 g/mol. The van der Waals surface area contributed by atoms with Crippen molar-refractivity contribution in [3.63, 3.8) is 0 Å². The lowest BCUT2D eigenvalue weighted by molar-refractivity contribution is 0.561. The van der Waals surface area contributed by atoms with Crippen LogP contribution in [-0.4, -0.2) is 4.98 Å². The van der Waals surface area contributed by atoms with E-state index in [4.69, 9.17) is 0 Å². The Morgan fingerprint density at radius 3 is 2.56 bits per heavy atom. The largest absolute Gasteiger partial charge is 0.217 e. The Hall–Kier alpha value is -1.22. The summed E-state index contributed by atoms with van der Waals surface area (Å²) in [5.74, 6) is -0.352. The van der Waals surface area contributed by atoms with Gasteiger partial charge in [0.05, 0.1) is 0 Å².